The van der Waals surface area contributed by atoms with E-state index in [2.05, 4.69) is 21.2 Å². The van der Waals surface area contributed by atoms with Gasteiger partial charge < -0.3 is 14.4 Å². The number of hydrogen-bond donors (Lipinski definition) is 0. The molecule has 0 amide bonds. The normalized spacial score (nSPS) is 11.7. The molecular weight excluding hydrogens is 650 g/mol. The summed E-state index contributed by atoms with van der Waals surface area (Å²) in [7, 11) is -11.9. The molecule has 0 spiro atoms. The predicted molar refractivity (Wildman–Crippen MR) is 133 cm³/mol. The molecule has 0 aromatic heterocycles. The van der Waals surface area contributed by atoms with E-state index in [1.54, 1.807) is 36.4 Å². The van der Waals surface area contributed by atoms with E-state index in [9.17, 15) is 31.2 Å². The summed E-state index contributed by atoms with van der Waals surface area (Å²) < 4.78 is 86.2. The fraction of sp³-hybridized carbons (Fsp3) is 0. The van der Waals surface area contributed by atoms with E-state index in [0.29, 0.717) is 39.9 Å². The van der Waals surface area contributed by atoms with Gasteiger partial charge >= 0.3 is 88.7 Å². The Morgan fingerprint density at radius 1 is 0.838 bits per heavy atom. The molecule has 0 aliphatic rings. The molecule has 0 saturated carbocycles. The molecule has 0 heterocycles. The molecule has 19 heteroatoms. The van der Waals surface area contributed by atoms with Crippen LogP contribution in [0.15, 0.2) is 87.5 Å². The number of hydrogen-bond acceptors (Lipinski definition) is 11. The fourth-order valence-electron chi connectivity index (χ4n) is 2.73. The first-order valence-corrected chi connectivity index (χ1v) is 16.6. The first-order valence-electron chi connectivity index (χ1n) is 9.52. The topological polar surface area (TPSA) is 156 Å². The van der Waals surface area contributed by atoms with Gasteiger partial charge in [-0.2, -0.15) is 4.33 Å². The van der Waals surface area contributed by atoms with Crippen molar-refractivity contribution >= 4 is 83.8 Å². The quantitative estimate of drug-likeness (QED) is 0.0534. The monoisotopic (exact) mass is 668 g/mol. The van der Waals surface area contributed by atoms with Crippen LogP contribution in [-0.4, -0.2) is 28.5 Å². The van der Waals surface area contributed by atoms with Gasteiger partial charge in [0, 0.05) is 4.90 Å². The molecule has 37 heavy (non-hydrogen) atoms. The first-order chi connectivity index (χ1) is 16.9. The molecular formula is C18H14Na3O9P3S4. The summed E-state index contributed by atoms with van der Waals surface area (Å²) in [5, 5.41) is 14.9. The smallest absolute Gasteiger partial charge is 0.744 e. The average Bonchev–Trinajstić information content (AvgIpc) is 2.83. The molecule has 0 aliphatic heterocycles. The van der Waals surface area contributed by atoms with Gasteiger partial charge in [-0.1, -0.05) is 57.0 Å². The zero-order valence-electron chi connectivity index (χ0n) is 21.6. The van der Waals surface area contributed by atoms with Gasteiger partial charge in [-0.15, -0.1) is 0 Å². The largest absolute Gasteiger partial charge is 1.00 e. The van der Waals surface area contributed by atoms with Gasteiger partial charge in [0.1, 0.15) is 20.2 Å². The van der Waals surface area contributed by atoms with Crippen molar-refractivity contribution in [1.29, 1.82) is 2.56 Å². The van der Waals surface area contributed by atoms with Crippen LogP contribution in [-0.2, 0) is 41.4 Å². The van der Waals surface area contributed by atoms with E-state index in [4.69, 9.17) is 2.56 Å². The van der Waals surface area contributed by atoms with Crippen LogP contribution in [0.5, 0.6) is 0 Å². The Kier molecular flexibility index (Phi) is 20.1. The molecule has 0 aliphatic carbocycles. The molecule has 0 bridgehead atoms. The fourth-order valence-corrected chi connectivity index (χ4v) is 6.85. The van der Waals surface area contributed by atoms with Gasteiger partial charge in [0.15, 0.2) is 0 Å². The summed E-state index contributed by atoms with van der Waals surface area (Å²) in [5.74, 6) is 0. The Hall–Kier alpha value is 2.09. The summed E-state index contributed by atoms with van der Waals surface area (Å²) in [4.78, 5) is -0.418. The van der Waals surface area contributed by atoms with Crippen molar-refractivity contribution in [2.24, 2.45) is 0 Å². The minimum Gasteiger partial charge on any atom is -0.744 e. The molecule has 182 valence electrons. The van der Waals surface area contributed by atoms with Crippen molar-refractivity contribution in [3.05, 3.63) is 72.8 Å². The maximum Gasteiger partial charge on any atom is 1.00 e. The minimum atomic E-state index is -4.74. The van der Waals surface area contributed by atoms with Gasteiger partial charge in [-0.05, 0) is 67.3 Å². The zero-order valence-corrected chi connectivity index (χ0v) is 31.5. The number of benzene rings is 3. The Bertz CT molecular complexity index is 1350. The first kappa shape index (κ1) is 37.1. The second kappa shape index (κ2) is 20.1. The van der Waals surface area contributed by atoms with E-state index >= 15 is 0 Å². The van der Waals surface area contributed by atoms with Crippen molar-refractivity contribution in [2.75, 3.05) is 0 Å². The standard InChI is InChI=1S/C18H15O9PS3.3Na.H2P2S/c19-26-27-29-16-7-1-4-13(10-16)28(14-5-2-8-17(11-14)30(20,21)22)15-6-3-9-18(12-15)31(23,24)25;;;;1-2-3/h1-12,19H,(H,20,21,22)(H,23,24,25);;;;1H2/q;3*+1;/p-3/i;;;;1T2. The van der Waals surface area contributed by atoms with Gasteiger partial charge in [0.05, 0.1) is 24.4 Å². The third-order valence-corrected chi connectivity index (χ3v) is 8.58. The third-order valence-electron chi connectivity index (χ3n) is 3.96. The maximum absolute atomic E-state index is 11.5. The molecule has 0 fully saturated rings. The van der Waals surface area contributed by atoms with Crippen LogP contribution in [0.25, 0.3) is 0 Å². The van der Waals surface area contributed by atoms with Crippen molar-refractivity contribution in [3.8, 4) is 0 Å². The van der Waals surface area contributed by atoms with Crippen LogP contribution in [0, 0.1) is 0 Å². The van der Waals surface area contributed by atoms with Crippen LogP contribution < -0.4 is 110 Å². The van der Waals surface area contributed by atoms with Crippen molar-refractivity contribution in [2.45, 2.75) is 14.7 Å². The van der Waals surface area contributed by atoms with Crippen molar-refractivity contribution in [3.63, 3.8) is 0 Å². The van der Waals surface area contributed by atoms with Gasteiger partial charge in [-0.3, -0.25) is 5.04 Å². The summed E-state index contributed by atoms with van der Waals surface area (Å²) >= 11 is 4.94. The summed E-state index contributed by atoms with van der Waals surface area (Å²) in [6.45, 7) is 0. The second-order valence-corrected chi connectivity index (χ2v) is 13.9. The average molecular weight is 668 g/mol. The van der Waals surface area contributed by atoms with Crippen LogP contribution in [0.4, 0.5) is 0 Å². The Morgan fingerprint density at radius 2 is 1.24 bits per heavy atom. The molecule has 3 aromatic rings. The summed E-state index contributed by atoms with van der Waals surface area (Å²) in [6, 6.07) is 17.3. The molecule has 0 atom stereocenters. The minimum absolute atomic E-state index is 0. The van der Waals surface area contributed by atoms with Crippen molar-refractivity contribution < 1.29 is 129 Å². The van der Waals surface area contributed by atoms with E-state index in [1.807, 2.05) is 0 Å². The third kappa shape index (κ3) is 13.7. The van der Waals surface area contributed by atoms with Crippen LogP contribution in [0.2, 0.25) is 0 Å². The Balaban J connectivity index is 0. The summed E-state index contributed by atoms with van der Waals surface area (Å²) in [6.07, 6.45) is 0. The van der Waals surface area contributed by atoms with E-state index in [0.717, 1.165) is 12.1 Å². The second-order valence-electron chi connectivity index (χ2n) is 6.04. The SMILES string of the molecule is O=S(=O)([O-])c1cccc(P(c2cccc(SOO[O-])c2)c2cccc(S(=O)(=O)[O-])c2)c1.[3H]P([3H])P=S.[Na+].[Na+].[Na+]. The van der Waals surface area contributed by atoms with Crippen LogP contribution in [0.1, 0.15) is 0 Å². The molecule has 0 unspecified atom stereocenters. The molecule has 0 N–H and O–H groups in total. The van der Waals surface area contributed by atoms with Crippen LogP contribution in [0.3, 0.4) is 0 Å². The van der Waals surface area contributed by atoms with Gasteiger partial charge in [0.2, 0.25) is 0 Å². The van der Waals surface area contributed by atoms with E-state index in [-0.39, 0.29) is 88.7 Å². The molecule has 0 saturated heterocycles. The maximum atomic E-state index is 11.5. The zero-order chi connectivity index (χ0) is 26.9. The van der Waals surface area contributed by atoms with Crippen LogP contribution >= 0.6 is 35.8 Å². The van der Waals surface area contributed by atoms with E-state index < -0.39 is 46.8 Å². The Morgan fingerprint density at radius 3 is 1.62 bits per heavy atom. The van der Waals surface area contributed by atoms with Gasteiger partial charge in [0.25, 0.3) is 0 Å². The summed E-state index contributed by atoms with van der Waals surface area (Å²) in [5.41, 5.74) is 0. The molecule has 9 nitrogen and oxygen atoms in total. The van der Waals surface area contributed by atoms with E-state index in [1.165, 1.54) is 24.3 Å². The number of rotatable bonds is 9. The molecule has 0 radical (unpaired) electrons. The van der Waals surface area contributed by atoms with Gasteiger partial charge in [-0.25, -0.2) is 16.8 Å². The Labute approximate surface area is 298 Å². The predicted octanol–water partition coefficient (Wildman–Crippen LogP) is -7.32. The molecule has 3 rings (SSSR count). The molecule has 3 aromatic carbocycles. The van der Waals surface area contributed by atoms with Crippen molar-refractivity contribution in [1.82, 2.24) is 0 Å².